The summed E-state index contributed by atoms with van der Waals surface area (Å²) in [4.78, 5) is 28.9. The first-order chi connectivity index (χ1) is 11.7. The number of carbonyl (C=O) groups is 2. The van der Waals surface area contributed by atoms with Crippen LogP contribution >= 0.6 is 0 Å². The van der Waals surface area contributed by atoms with Gasteiger partial charge in [0.1, 0.15) is 6.54 Å². The summed E-state index contributed by atoms with van der Waals surface area (Å²) in [5.74, 6) is 0.443. The number of amides is 2. The number of ether oxygens (including phenoxy) is 1. The molecule has 0 aromatic heterocycles. The van der Waals surface area contributed by atoms with Gasteiger partial charge in [0.15, 0.2) is 0 Å². The standard InChI is InChI=1S/C19H26N2O3/c1-24-14-15-6-4-5-10-20(12-15)18(22)13-21-11-9-16-7-2-3-8-17(16)19(21)23/h2-3,7-8,15H,4-6,9-14H2,1H3. The fourth-order valence-corrected chi connectivity index (χ4v) is 3.72. The predicted molar refractivity (Wildman–Crippen MR) is 91.8 cm³/mol. The first-order valence-electron chi connectivity index (χ1n) is 8.83. The van der Waals surface area contributed by atoms with E-state index in [2.05, 4.69) is 0 Å². The third-order valence-electron chi connectivity index (χ3n) is 5.04. The summed E-state index contributed by atoms with van der Waals surface area (Å²) in [5, 5.41) is 0. The molecule has 0 aliphatic carbocycles. The van der Waals surface area contributed by atoms with Gasteiger partial charge in [0.25, 0.3) is 5.91 Å². The molecule has 130 valence electrons. The second-order valence-corrected chi connectivity index (χ2v) is 6.79. The van der Waals surface area contributed by atoms with E-state index in [4.69, 9.17) is 4.74 Å². The lowest BCUT2D eigenvalue weighted by molar-refractivity contribution is -0.132. The third-order valence-corrected chi connectivity index (χ3v) is 5.04. The molecule has 0 N–H and O–H groups in total. The van der Waals surface area contributed by atoms with Crippen molar-refractivity contribution in [2.45, 2.75) is 25.7 Å². The Labute approximate surface area is 143 Å². The Morgan fingerprint density at radius 3 is 2.92 bits per heavy atom. The van der Waals surface area contributed by atoms with Gasteiger partial charge < -0.3 is 14.5 Å². The first-order valence-corrected chi connectivity index (χ1v) is 8.83. The van der Waals surface area contributed by atoms with Crippen LogP contribution in [0.5, 0.6) is 0 Å². The maximum absolute atomic E-state index is 12.7. The number of benzene rings is 1. The molecule has 1 saturated heterocycles. The summed E-state index contributed by atoms with van der Waals surface area (Å²) in [6, 6.07) is 7.69. The summed E-state index contributed by atoms with van der Waals surface area (Å²) in [6.07, 6.45) is 4.09. The number of hydrogen-bond donors (Lipinski definition) is 0. The van der Waals surface area contributed by atoms with Crippen molar-refractivity contribution in [3.63, 3.8) is 0 Å². The molecule has 1 fully saturated rings. The van der Waals surface area contributed by atoms with Crippen LogP contribution in [0.25, 0.3) is 0 Å². The Kier molecular flexibility index (Phi) is 5.51. The van der Waals surface area contributed by atoms with Crippen LogP contribution in [-0.2, 0) is 16.0 Å². The lowest BCUT2D eigenvalue weighted by Gasteiger charge is -2.31. The molecule has 24 heavy (non-hydrogen) atoms. The number of likely N-dealkylation sites (tertiary alicyclic amines) is 1. The average molecular weight is 330 g/mol. The highest BCUT2D eigenvalue weighted by molar-refractivity contribution is 5.98. The molecular weight excluding hydrogens is 304 g/mol. The van der Waals surface area contributed by atoms with E-state index < -0.39 is 0 Å². The lowest BCUT2D eigenvalue weighted by Crippen LogP contribution is -2.46. The molecule has 5 heteroatoms. The highest BCUT2D eigenvalue weighted by atomic mass is 16.5. The van der Waals surface area contributed by atoms with Crippen LogP contribution in [0.4, 0.5) is 0 Å². The van der Waals surface area contributed by atoms with Crippen LogP contribution in [0.15, 0.2) is 24.3 Å². The van der Waals surface area contributed by atoms with Crippen molar-refractivity contribution in [3.8, 4) is 0 Å². The van der Waals surface area contributed by atoms with Gasteiger partial charge in [0.05, 0.1) is 6.61 Å². The number of fused-ring (bicyclic) bond motifs is 1. The molecule has 0 spiro atoms. The summed E-state index contributed by atoms with van der Waals surface area (Å²) in [6.45, 7) is 3.03. The largest absolute Gasteiger partial charge is 0.384 e. The summed E-state index contributed by atoms with van der Waals surface area (Å²) < 4.78 is 5.27. The van der Waals surface area contributed by atoms with Gasteiger partial charge in [-0.1, -0.05) is 24.6 Å². The molecular formula is C19H26N2O3. The zero-order valence-corrected chi connectivity index (χ0v) is 14.4. The van der Waals surface area contributed by atoms with Crippen LogP contribution in [0.2, 0.25) is 0 Å². The zero-order chi connectivity index (χ0) is 16.9. The molecule has 0 bridgehead atoms. The lowest BCUT2D eigenvalue weighted by atomic mass is 9.99. The van der Waals surface area contributed by atoms with Crippen molar-refractivity contribution >= 4 is 11.8 Å². The molecule has 1 aromatic rings. The van der Waals surface area contributed by atoms with E-state index in [9.17, 15) is 9.59 Å². The number of hydrogen-bond acceptors (Lipinski definition) is 3. The Morgan fingerprint density at radius 2 is 2.08 bits per heavy atom. The van der Waals surface area contributed by atoms with Gasteiger partial charge in [-0.15, -0.1) is 0 Å². The topological polar surface area (TPSA) is 49.9 Å². The van der Waals surface area contributed by atoms with Crippen LogP contribution in [-0.4, -0.2) is 61.5 Å². The van der Waals surface area contributed by atoms with Gasteiger partial charge in [-0.3, -0.25) is 9.59 Å². The van der Waals surface area contributed by atoms with Crippen molar-refractivity contribution in [2.75, 3.05) is 39.9 Å². The van der Waals surface area contributed by atoms with Gasteiger partial charge >= 0.3 is 0 Å². The molecule has 2 aliphatic heterocycles. The highest BCUT2D eigenvalue weighted by Gasteiger charge is 2.28. The minimum absolute atomic E-state index is 0.0199. The van der Waals surface area contributed by atoms with Gasteiger partial charge in [0, 0.05) is 32.3 Å². The average Bonchev–Trinajstić information content (AvgIpc) is 2.84. The molecule has 5 nitrogen and oxygen atoms in total. The van der Waals surface area contributed by atoms with Gasteiger partial charge in [-0.2, -0.15) is 0 Å². The molecule has 1 unspecified atom stereocenters. The molecule has 0 radical (unpaired) electrons. The number of nitrogens with zero attached hydrogens (tertiary/aromatic N) is 2. The number of carbonyl (C=O) groups excluding carboxylic acids is 2. The molecule has 0 saturated carbocycles. The highest BCUT2D eigenvalue weighted by Crippen LogP contribution is 2.20. The van der Waals surface area contributed by atoms with E-state index >= 15 is 0 Å². The van der Waals surface area contributed by atoms with Gasteiger partial charge in [-0.25, -0.2) is 0 Å². The summed E-state index contributed by atoms with van der Waals surface area (Å²) >= 11 is 0. The van der Waals surface area contributed by atoms with E-state index in [0.29, 0.717) is 19.1 Å². The molecule has 3 rings (SSSR count). The Hall–Kier alpha value is -1.88. The Balaban J connectivity index is 1.63. The van der Waals surface area contributed by atoms with Crippen LogP contribution in [0.3, 0.4) is 0 Å². The smallest absolute Gasteiger partial charge is 0.254 e. The van der Waals surface area contributed by atoms with E-state index in [1.807, 2.05) is 29.2 Å². The quantitative estimate of drug-likeness (QED) is 0.848. The normalized spacial score (nSPS) is 21.4. The Bertz CT molecular complexity index is 602. The van der Waals surface area contributed by atoms with E-state index in [-0.39, 0.29) is 18.4 Å². The SMILES string of the molecule is COCC1CCCCN(C(=O)CN2CCc3ccccc3C2=O)C1. The molecule has 1 atom stereocenters. The fraction of sp³-hybridized carbons (Fsp3) is 0.579. The molecule has 2 amide bonds. The van der Waals surface area contributed by atoms with Crippen LogP contribution < -0.4 is 0 Å². The van der Waals surface area contributed by atoms with Crippen LogP contribution in [0.1, 0.15) is 35.2 Å². The monoisotopic (exact) mass is 330 g/mol. The van der Waals surface area contributed by atoms with E-state index in [0.717, 1.165) is 49.9 Å². The second kappa shape index (κ2) is 7.79. The van der Waals surface area contributed by atoms with E-state index in [1.165, 1.54) is 0 Å². The van der Waals surface area contributed by atoms with Crippen molar-refractivity contribution < 1.29 is 14.3 Å². The third kappa shape index (κ3) is 3.78. The van der Waals surface area contributed by atoms with Crippen molar-refractivity contribution in [1.29, 1.82) is 0 Å². The summed E-state index contributed by atoms with van der Waals surface area (Å²) in [5.41, 5.74) is 1.82. The first kappa shape index (κ1) is 17.0. The predicted octanol–water partition coefficient (Wildman–Crippen LogP) is 1.96. The molecule has 1 aromatic carbocycles. The summed E-state index contributed by atoms with van der Waals surface area (Å²) in [7, 11) is 1.71. The minimum atomic E-state index is -0.0199. The number of methoxy groups -OCH3 is 1. The maximum Gasteiger partial charge on any atom is 0.254 e. The second-order valence-electron chi connectivity index (χ2n) is 6.79. The maximum atomic E-state index is 12.7. The number of rotatable bonds is 4. The van der Waals surface area contributed by atoms with Crippen LogP contribution in [0, 0.1) is 5.92 Å². The molecule has 2 heterocycles. The minimum Gasteiger partial charge on any atom is -0.384 e. The molecule has 2 aliphatic rings. The van der Waals surface area contributed by atoms with Gasteiger partial charge in [0.2, 0.25) is 5.91 Å². The van der Waals surface area contributed by atoms with Gasteiger partial charge in [-0.05, 0) is 36.8 Å². The fourth-order valence-electron chi connectivity index (χ4n) is 3.72. The van der Waals surface area contributed by atoms with Crippen molar-refractivity contribution in [1.82, 2.24) is 9.80 Å². The zero-order valence-electron chi connectivity index (χ0n) is 14.4. The van der Waals surface area contributed by atoms with Crippen molar-refractivity contribution in [2.24, 2.45) is 5.92 Å². The van der Waals surface area contributed by atoms with Crippen molar-refractivity contribution in [3.05, 3.63) is 35.4 Å². The van der Waals surface area contributed by atoms with E-state index in [1.54, 1.807) is 12.0 Å². The Morgan fingerprint density at radius 1 is 1.25 bits per heavy atom.